The number of thioether (sulfide) groups is 1. The van der Waals surface area contributed by atoms with Crippen molar-refractivity contribution < 1.29 is 9.90 Å². The zero-order valence-corrected chi connectivity index (χ0v) is 12.8. The molecule has 1 rings (SSSR count). The molecular formula is C13H21N3O2S. The Kier molecular flexibility index (Phi) is 6.24. The molecule has 0 atom stereocenters. The van der Waals surface area contributed by atoms with Gasteiger partial charge in [0.15, 0.2) is 0 Å². The Labute approximate surface area is 118 Å². The zero-order chi connectivity index (χ0) is 14.4. The van der Waals surface area contributed by atoms with E-state index in [2.05, 4.69) is 28.9 Å². The van der Waals surface area contributed by atoms with Crippen molar-refractivity contribution in [3.63, 3.8) is 0 Å². The summed E-state index contributed by atoms with van der Waals surface area (Å²) in [5, 5.41) is 17.8. The summed E-state index contributed by atoms with van der Waals surface area (Å²) in [6.45, 7) is 10.7. The topological polar surface area (TPSA) is 66.3 Å². The lowest BCUT2D eigenvalue weighted by Crippen LogP contribution is -2.25. The van der Waals surface area contributed by atoms with E-state index < -0.39 is 5.97 Å². The third-order valence-corrected chi connectivity index (χ3v) is 4.12. The molecule has 5 nitrogen and oxygen atoms in total. The summed E-state index contributed by atoms with van der Waals surface area (Å²) in [6.07, 6.45) is 0. The van der Waals surface area contributed by atoms with Crippen LogP contribution in [0.25, 0.3) is 0 Å². The van der Waals surface area contributed by atoms with Crippen LogP contribution >= 0.6 is 11.8 Å². The van der Waals surface area contributed by atoms with Crippen molar-refractivity contribution in [2.45, 2.75) is 32.7 Å². The van der Waals surface area contributed by atoms with E-state index in [1.807, 2.05) is 0 Å². The summed E-state index contributed by atoms with van der Waals surface area (Å²) in [4.78, 5) is 13.6. The van der Waals surface area contributed by atoms with E-state index >= 15 is 0 Å². The monoisotopic (exact) mass is 283 g/mol. The highest BCUT2D eigenvalue weighted by Gasteiger charge is 2.17. The molecule has 0 aliphatic carbocycles. The molecule has 1 heterocycles. The minimum Gasteiger partial charge on any atom is -0.478 e. The first kappa shape index (κ1) is 15.9. The van der Waals surface area contributed by atoms with Crippen LogP contribution in [-0.4, -0.2) is 51.6 Å². The number of hydrogen-bond acceptors (Lipinski definition) is 5. The average molecular weight is 283 g/mol. The van der Waals surface area contributed by atoms with E-state index in [1.54, 1.807) is 13.8 Å². The highest BCUT2D eigenvalue weighted by Crippen LogP contribution is 2.23. The summed E-state index contributed by atoms with van der Waals surface area (Å²) in [5.74, 6) is -0.111. The van der Waals surface area contributed by atoms with Crippen LogP contribution in [0, 0.1) is 13.8 Å². The number of hydrogen-bond donors (Lipinski definition) is 1. The van der Waals surface area contributed by atoms with Gasteiger partial charge in [-0.2, -0.15) is 5.10 Å². The van der Waals surface area contributed by atoms with Gasteiger partial charge < -0.3 is 10.0 Å². The van der Waals surface area contributed by atoms with Crippen LogP contribution in [0.2, 0.25) is 0 Å². The van der Waals surface area contributed by atoms with Crippen LogP contribution in [0.3, 0.4) is 0 Å². The lowest BCUT2D eigenvalue weighted by molar-refractivity contribution is 0.0690. The summed E-state index contributed by atoms with van der Waals surface area (Å²) in [6, 6.07) is 0. The van der Waals surface area contributed by atoms with Crippen LogP contribution in [0.15, 0.2) is 5.03 Å². The Bertz CT molecular complexity index is 448. The van der Waals surface area contributed by atoms with Crippen molar-refractivity contribution in [2.75, 3.05) is 25.4 Å². The van der Waals surface area contributed by atoms with Gasteiger partial charge in [-0.25, -0.2) is 4.79 Å². The first-order valence-electron chi connectivity index (χ1n) is 6.43. The quantitative estimate of drug-likeness (QED) is 0.774. The first-order valence-corrected chi connectivity index (χ1v) is 7.42. The fourth-order valence-corrected chi connectivity index (χ4v) is 2.78. The second kappa shape index (κ2) is 7.45. The molecule has 1 N–H and O–H groups in total. The van der Waals surface area contributed by atoms with Crippen molar-refractivity contribution in [3.05, 3.63) is 16.8 Å². The molecule has 19 heavy (non-hydrogen) atoms. The smallest absolute Gasteiger partial charge is 0.338 e. The second-order valence-electron chi connectivity index (χ2n) is 4.27. The molecule has 106 valence electrons. The van der Waals surface area contributed by atoms with E-state index in [1.165, 1.54) is 11.8 Å². The molecule has 0 spiro atoms. The lowest BCUT2D eigenvalue weighted by Gasteiger charge is -2.17. The summed E-state index contributed by atoms with van der Waals surface area (Å²) in [5.41, 5.74) is 1.66. The molecule has 0 amide bonds. The standard InChI is InChI=1S/C13H21N3O2S/c1-5-16(6-2)7-8-19-12-11(13(17)18)9(3)10(4)14-15-12/h5-8H2,1-4H3,(H,17,18). The van der Waals surface area contributed by atoms with E-state index in [4.69, 9.17) is 0 Å². The maximum atomic E-state index is 11.3. The highest BCUT2D eigenvalue weighted by molar-refractivity contribution is 7.99. The number of aromatic carboxylic acids is 1. The minimum atomic E-state index is -0.930. The number of rotatable bonds is 7. The minimum absolute atomic E-state index is 0.289. The molecule has 1 aromatic rings. The lowest BCUT2D eigenvalue weighted by atomic mass is 10.1. The molecular weight excluding hydrogens is 262 g/mol. The summed E-state index contributed by atoms with van der Waals surface area (Å²) < 4.78 is 0. The van der Waals surface area contributed by atoms with Gasteiger partial charge in [0.1, 0.15) is 5.03 Å². The Balaban J connectivity index is 2.79. The molecule has 0 unspecified atom stereocenters. The number of carbonyl (C=O) groups is 1. The Morgan fingerprint density at radius 1 is 1.26 bits per heavy atom. The maximum Gasteiger partial charge on any atom is 0.338 e. The van der Waals surface area contributed by atoms with Crippen LogP contribution in [0.1, 0.15) is 35.5 Å². The third kappa shape index (κ3) is 4.18. The largest absolute Gasteiger partial charge is 0.478 e. The number of carboxylic acid groups (broad SMARTS) is 1. The van der Waals surface area contributed by atoms with Gasteiger partial charge in [-0.3, -0.25) is 0 Å². The summed E-state index contributed by atoms with van der Waals surface area (Å²) >= 11 is 1.46. The summed E-state index contributed by atoms with van der Waals surface area (Å²) in [7, 11) is 0. The highest BCUT2D eigenvalue weighted by atomic mass is 32.2. The van der Waals surface area contributed by atoms with E-state index in [0.717, 1.165) is 25.4 Å². The van der Waals surface area contributed by atoms with Gasteiger partial charge >= 0.3 is 5.97 Å². The fourth-order valence-electron chi connectivity index (χ4n) is 1.75. The molecule has 1 aromatic heterocycles. The van der Waals surface area contributed by atoms with E-state index in [9.17, 15) is 9.90 Å². The molecule has 0 saturated carbocycles. The van der Waals surface area contributed by atoms with Gasteiger partial charge in [0.2, 0.25) is 0 Å². The Morgan fingerprint density at radius 2 is 1.89 bits per heavy atom. The zero-order valence-electron chi connectivity index (χ0n) is 11.9. The second-order valence-corrected chi connectivity index (χ2v) is 5.35. The Morgan fingerprint density at radius 3 is 2.42 bits per heavy atom. The fraction of sp³-hybridized carbons (Fsp3) is 0.615. The van der Waals surface area contributed by atoms with Crippen molar-refractivity contribution in [1.29, 1.82) is 0 Å². The number of aryl methyl sites for hydroxylation is 1. The molecule has 6 heteroatoms. The van der Waals surface area contributed by atoms with Gasteiger partial charge in [0, 0.05) is 12.3 Å². The molecule has 0 aliphatic rings. The SMILES string of the molecule is CCN(CC)CCSc1nnc(C)c(C)c1C(=O)O. The average Bonchev–Trinajstić information content (AvgIpc) is 2.38. The van der Waals surface area contributed by atoms with Crippen LogP contribution in [-0.2, 0) is 0 Å². The van der Waals surface area contributed by atoms with Crippen molar-refractivity contribution in [1.82, 2.24) is 15.1 Å². The van der Waals surface area contributed by atoms with Crippen LogP contribution < -0.4 is 0 Å². The van der Waals surface area contributed by atoms with E-state index in [0.29, 0.717) is 16.3 Å². The predicted molar refractivity (Wildman–Crippen MR) is 77.0 cm³/mol. The van der Waals surface area contributed by atoms with Crippen LogP contribution in [0.4, 0.5) is 0 Å². The molecule has 0 aromatic carbocycles. The number of carboxylic acids is 1. The molecule has 0 fully saturated rings. The van der Waals surface area contributed by atoms with Gasteiger partial charge in [-0.05, 0) is 32.5 Å². The molecule has 0 saturated heterocycles. The van der Waals surface area contributed by atoms with Crippen molar-refractivity contribution in [3.8, 4) is 0 Å². The van der Waals surface area contributed by atoms with Gasteiger partial charge in [0.05, 0.1) is 11.3 Å². The van der Waals surface area contributed by atoms with Crippen molar-refractivity contribution in [2.24, 2.45) is 0 Å². The van der Waals surface area contributed by atoms with Crippen molar-refractivity contribution >= 4 is 17.7 Å². The van der Waals surface area contributed by atoms with E-state index in [-0.39, 0.29) is 5.56 Å². The maximum absolute atomic E-state index is 11.3. The molecule has 0 aliphatic heterocycles. The molecule has 0 bridgehead atoms. The predicted octanol–water partition coefficient (Wildman–Crippen LogP) is 2.23. The van der Waals surface area contributed by atoms with Gasteiger partial charge in [-0.15, -0.1) is 16.9 Å². The first-order chi connectivity index (χ1) is 9.01. The number of aromatic nitrogens is 2. The normalized spacial score (nSPS) is 11.0. The molecule has 0 radical (unpaired) electrons. The third-order valence-electron chi connectivity index (χ3n) is 3.18. The number of nitrogens with zero attached hydrogens (tertiary/aromatic N) is 3. The Hall–Kier alpha value is -1.14. The van der Waals surface area contributed by atoms with Gasteiger partial charge in [0.25, 0.3) is 0 Å². The van der Waals surface area contributed by atoms with Gasteiger partial charge in [-0.1, -0.05) is 13.8 Å². The van der Waals surface area contributed by atoms with Crippen LogP contribution in [0.5, 0.6) is 0 Å².